The lowest BCUT2D eigenvalue weighted by atomic mass is 10.3. The molecule has 7 heteroatoms. The van der Waals surface area contributed by atoms with Crippen LogP contribution >= 0.6 is 27.3 Å². The highest BCUT2D eigenvalue weighted by atomic mass is 79.9. The van der Waals surface area contributed by atoms with Crippen molar-refractivity contribution in [2.75, 3.05) is 17.7 Å². The normalized spacial score (nSPS) is 10.2. The molecule has 2 rings (SSSR count). The molecule has 0 aliphatic carbocycles. The van der Waals surface area contributed by atoms with Crippen LogP contribution in [0.3, 0.4) is 0 Å². The van der Waals surface area contributed by atoms with Crippen molar-refractivity contribution in [3.05, 3.63) is 44.6 Å². The molecule has 0 spiro atoms. The summed E-state index contributed by atoms with van der Waals surface area (Å²) in [5.74, 6) is -0.947. The number of hydrogen-bond donors (Lipinski definition) is 2. The minimum absolute atomic E-state index is 0.342. The first kappa shape index (κ1) is 15.5. The minimum atomic E-state index is -0.550. The lowest BCUT2D eigenvalue weighted by Gasteiger charge is -2.05. The third kappa shape index (κ3) is 4.30. The van der Waals surface area contributed by atoms with E-state index >= 15 is 0 Å². The second-order valence-electron chi connectivity index (χ2n) is 4.25. The fourth-order valence-corrected chi connectivity index (χ4v) is 2.63. The van der Waals surface area contributed by atoms with Gasteiger partial charge in [-0.1, -0.05) is 15.9 Å². The van der Waals surface area contributed by atoms with Gasteiger partial charge in [0.05, 0.1) is 0 Å². The van der Waals surface area contributed by atoms with Crippen LogP contribution < -0.4 is 11.1 Å². The first-order chi connectivity index (χ1) is 9.95. The number of halogens is 1. The monoisotopic (exact) mass is 368 g/mol. The summed E-state index contributed by atoms with van der Waals surface area (Å²) in [5.41, 5.74) is 6.85. The summed E-state index contributed by atoms with van der Waals surface area (Å²) in [5, 5.41) is 2.63. The summed E-state index contributed by atoms with van der Waals surface area (Å²) in [7, 11) is 0. The summed E-state index contributed by atoms with van der Waals surface area (Å²) in [6.45, 7) is 1.47. The third-order valence-electron chi connectivity index (χ3n) is 2.62. The van der Waals surface area contributed by atoms with Gasteiger partial charge in [-0.2, -0.15) is 0 Å². The van der Waals surface area contributed by atoms with Crippen LogP contribution in [0.4, 0.5) is 11.4 Å². The molecule has 0 bridgehead atoms. The van der Waals surface area contributed by atoms with Gasteiger partial charge in [-0.05, 0) is 37.3 Å². The zero-order chi connectivity index (χ0) is 15.4. The number of nitrogens with one attached hydrogen (secondary N) is 1. The fourth-order valence-electron chi connectivity index (χ4n) is 1.53. The SMILES string of the molecule is Cc1sc(C(=O)OCC(=O)Nc2ccc(Br)cc2)cc1N. The van der Waals surface area contributed by atoms with Crippen molar-refractivity contribution in [2.45, 2.75) is 6.92 Å². The third-order valence-corrected chi connectivity index (χ3v) is 4.19. The Morgan fingerprint density at radius 1 is 1.33 bits per heavy atom. The lowest BCUT2D eigenvalue weighted by molar-refractivity contribution is -0.119. The molecule has 0 fully saturated rings. The van der Waals surface area contributed by atoms with Gasteiger partial charge in [0.15, 0.2) is 6.61 Å². The standard InChI is InChI=1S/C14H13BrN2O3S/c1-8-11(16)6-12(21-8)14(19)20-7-13(18)17-10-4-2-9(15)3-5-10/h2-6H,7,16H2,1H3,(H,17,18). The number of nitrogens with two attached hydrogens (primary N) is 1. The second kappa shape index (κ2) is 6.73. The summed E-state index contributed by atoms with van der Waals surface area (Å²) in [6.07, 6.45) is 0. The minimum Gasteiger partial charge on any atom is -0.451 e. The molecule has 5 nitrogen and oxygen atoms in total. The van der Waals surface area contributed by atoms with Crippen molar-refractivity contribution in [3.8, 4) is 0 Å². The van der Waals surface area contributed by atoms with Crippen LogP contribution in [-0.4, -0.2) is 18.5 Å². The number of benzene rings is 1. The molecule has 0 atom stereocenters. The molecule has 1 heterocycles. The number of thiophene rings is 1. The van der Waals surface area contributed by atoms with E-state index in [2.05, 4.69) is 21.2 Å². The van der Waals surface area contributed by atoms with E-state index in [4.69, 9.17) is 10.5 Å². The Labute approximate surface area is 134 Å². The smallest absolute Gasteiger partial charge is 0.348 e. The molecule has 0 radical (unpaired) electrons. The van der Waals surface area contributed by atoms with Gasteiger partial charge in [0.25, 0.3) is 5.91 Å². The van der Waals surface area contributed by atoms with Gasteiger partial charge in [0, 0.05) is 20.7 Å². The van der Waals surface area contributed by atoms with E-state index in [0.717, 1.165) is 9.35 Å². The summed E-state index contributed by atoms with van der Waals surface area (Å²) in [4.78, 5) is 24.7. The number of carbonyl (C=O) groups excluding carboxylic acids is 2. The highest BCUT2D eigenvalue weighted by molar-refractivity contribution is 9.10. The molecule has 0 aliphatic heterocycles. The number of ether oxygens (including phenoxy) is 1. The van der Waals surface area contributed by atoms with Crippen molar-refractivity contribution in [3.63, 3.8) is 0 Å². The average Bonchev–Trinajstić information content (AvgIpc) is 2.79. The van der Waals surface area contributed by atoms with Gasteiger partial charge in [-0.3, -0.25) is 4.79 Å². The van der Waals surface area contributed by atoms with Crippen LogP contribution in [0.5, 0.6) is 0 Å². The number of anilines is 2. The van der Waals surface area contributed by atoms with Crippen molar-refractivity contribution in [2.24, 2.45) is 0 Å². The number of aryl methyl sites for hydroxylation is 1. The van der Waals surface area contributed by atoms with Crippen molar-refractivity contribution < 1.29 is 14.3 Å². The highest BCUT2D eigenvalue weighted by Crippen LogP contribution is 2.23. The average molecular weight is 369 g/mol. The van der Waals surface area contributed by atoms with E-state index < -0.39 is 11.9 Å². The predicted octanol–water partition coefficient (Wildman–Crippen LogP) is 3.20. The zero-order valence-electron chi connectivity index (χ0n) is 11.2. The van der Waals surface area contributed by atoms with Crippen molar-refractivity contribution in [1.29, 1.82) is 0 Å². The Hall–Kier alpha value is -1.86. The van der Waals surface area contributed by atoms with E-state index in [0.29, 0.717) is 16.3 Å². The van der Waals surface area contributed by atoms with Crippen molar-refractivity contribution >= 4 is 50.5 Å². The zero-order valence-corrected chi connectivity index (χ0v) is 13.6. The molecule has 0 unspecified atom stereocenters. The molecule has 3 N–H and O–H groups in total. The molecule has 0 saturated carbocycles. The molecule has 1 amide bonds. The van der Waals surface area contributed by atoms with E-state index in [1.807, 2.05) is 6.92 Å². The van der Waals surface area contributed by atoms with Gasteiger partial charge in [-0.15, -0.1) is 11.3 Å². The predicted molar refractivity (Wildman–Crippen MR) is 86.5 cm³/mol. The Kier molecular flexibility index (Phi) is 4.98. The van der Waals surface area contributed by atoms with E-state index in [1.54, 1.807) is 30.3 Å². The topological polar surface area (TPSA) is 81.4 Å². The van der Waals surface area contributed by atoms with Crippen molar-refractivity contribution in [1.82, 2.24) is 0 Å². The molecule has 0 saturated heterocycles. The molecule has 21 heavy (non-hydrogen) atoms. The second-order valence-corrected chi connectivity index (χ2v) is 6.43. The molecule has 1 aromatic heterocycles. The number of hydrogen-bond acceptors (Lipinski definition) is 5. The Morgan fingerprint density at radius 2 is 2.00 bits per heavy atom. The van der Waals surface area contributed by atoms with Crippen LogP contribution in [0, 0.1) is 6.92 Å². The molecular formula is C14H13BrN2O3S. The Bertz CT molecular complexity index is 648. The molecule has 110 valence electrons. The molecule has 0 aliphatic rings. The van der Waals surface area contributed by atoms with Crippen LogP contribution in [0.25, 0.3) is 0 Å². The summed E-state index contributed by atoms with van der Waals surface area (Å²) < 4.78 is 5.86. The van der Waals surface area contributed by atoms with E-state index in [9.17, 15) is 9.59 Å². The maximum absolute atomic E-state index is 11.8. The Balaban J connectivity index is 1.86. The molecule has 2 aromatic rings. The quantitative estimate of drug-likeness (QED) is 0.811. The number of esters is 1. The van der Waals surface area contributed by atoms with Gasteiger partial charge in [-0.25, -0.2) is 4.79 Å². The molecular weight excluding hydrogens is 356 g/mol. The first-order valence-electron chi connectivity index (χ1n) is 6.04. The van der Waals surface area contributed by atoms with Crippen LogP contribution in [0.15, 0.2) is 34.8 Å². The van der Waals surface area contributed by atoms with Crippen LogP contribution in [0.2, 0.25) is 0 Å². The first-order valence-corrected chi connectivity index (χ1v) is 7.65. The van der Waals surface area contributed by atoms with Crippen LogP contribution in [0.1, 0.15) is 14.5 Å². The maximum Gasteiger partial charge on any atom is 0.348 e. The van der Waals surface area contributed by atoms with Gasteiger partial charge >= 0.3 is 5.97 Å². The summed E-state index contributed by atoms with van der Waals surface area (Å²) >= 11 is 4.55. The van der Waals surface area contributed by atoms with E-state index in [-0.39, 0.29) is 6.61 Å². The summed E-state index contributed by atoms with van der Waals surface area (Å²) in [6, 6.07) is 8.65. The van der Waals surface area contributed by atoms with Crippen LogP contribution in [-0.2, 0) is 9.53 Å². The lowest BCUT2D eigenvalue weighted by Crippen LogP contribution is -2.20. The fraction of sp³-hybridized carbons (Fsp3) is 0.143. The number of amides is 1. The highest BCUT2D eigenvalue weighted by Gasteiger charge is 2.14. The number of nitrogen functional groups attached to an aromatic ring is 1. The number of carbonyl (C=O) groups is 2. The Morgan fingerprint density at radius 3 is 2.57 bits per heavy atom. The van der Waals surface area contributed by atoms with Gasteiger partial charge in [0.2, 0.25) is 0 Å². The number of rotatable bonds is 4. The van der Waals surface area contributed by atoms with Gasteiger partial charge in [0.1, 0.15) is 4.88 Å². The van der Waals surface area contributed by atoms with Gasteiger partial charge < -0.3 is 15.8 Å². The largest absolute Gasteiger partial charge is 0.451 e. The maximum atomic E-state index is 11.8. The molecule has 1 aromatic carbocycles. The van der Waals surface area contributed by atoms with E-state index in [1.165, 1.54) is 11.3 Å².